The van der Waals surface area contributed by atoms with Crippen LogP contribution in [-0.4, -0.2) is 18.0 Å². The van der Waals surface area contributed by atoms with E-state index in [0.717, 1.165) is 5.56 Å². The van der Waals surface area contributed by atoms with Gasteiger partial charge in [0.2, 0.25) is 5.91 Å². The number of aromatic nitrogens is 1. The Morgan fingerprint density at radius 3 is 3.25 bits per heavy atom. The van der Waals surface area contributed by atoms with Gasteiger partial charge in [-0.1, -0.05) is 0 Å². The van der Waals surface area contributed by atoms with Gasteiger partial charge < -0.3 is 10.1 Å². The minimum Gasteiger partial charge on any atom is -0.495 e. The van der Waals surface area contributed by atoms with Crippen LogP contribution < -0.4 is 10.1 Å². The van der Waals surface area contributed by atoms with Crippen LogP contribution in [-0.2, 0) is 11.2 Å². The standard InChI is InChI=1S/C8H8N2O2/c1-12-6-2-5-3-7(11)10-8(5)9-4-6/h2,4H,3H2,1H3,(H,9,10,11). The minimum absolute atomic E-state index is 0.00856. The lowest BCUT2D eigenvalue weighted by Gasteiger charge is -2.00. The number of hydrogen-bond donors (Lipinski definition) is 1. The Morgan fingerprint density at radius 1 is 1.67 bits per heavy atom. The molecule has 2 heterocycles. The molecule has 62 valence electrons. The molecule has 0 atom stereocenters. The summed E-state index contributed by atoms with van der Waals surface area (Å²) >= 11 is 0. The number of methoxy groups -OCH3 is 1. The second-order valence-corrected chi connectivity index (χ2v) is 2.61. The fourth-order valence-electron chi connectivity index (χ4n) is 1.20. The molecule has 0 aliphatic carbocycles. The summed E-state index contributed by atoms with van der Waals surface area (Å²) in [5.74, 6) is 1.33. The van der Waals surface area contributed by atoms with Crippen molar-refractivity contribution in [2.75, 3.05) is 12.4 Å². The number of nitrogens with one attached hydrogen (secondary N) is 1. The maximum absolute atomic E-state index is 10.9. The number of rotatable bonds is 1. The van der Waals surface area contributed by atoms with Crippen LogP contribution in [0.1, 0.15) is 5.56 Å². The fraction of sp³-hybridized carbons (Fsp3) is 0.250. The van der Waals surface area contributed by atoms with Gasteiger partial charge in [-0.15, -0.1) is 0 Å². The predicted molar refractivity (Wildman–Crippen MR) is 43.1 cm³/mol. The lowest BCUT2D eigenvalue weighted by molar-refractivity contribution is -0.115. The van der Waals surface area contributed by atoms with Crippen molar-refractivity contribution in [3.8, 4) is 5.75 Å². The van der Waals surface area contributed by atoms with Crippen LogP contribution >= 0.6 is 0 Å². The molecular weight excluding hydrogens is 156 g/mol. The largest absolute Gasteiger partial charge is 0.495 e. The van der Waals surface area contributed by atoms with Crippen LogP contribution in [0, 0.1) is 0 Å². The van der Waals surface area contributed by atoms with Crippen molar-refractivity contribution in [3.63, 3.8) is 0 Å². The molecule has 1 aliphatic rings. The third-order valence-corrected chi connectivity index (χ3v) is 1.79. The highest BCUT2D eigenvalue weighted by Gasteiger charge is 2.18. The van der Waals surface area contributed by atoms with Gasteiger partial charge in [0, 0.05) is 5.56 Å². The van der Waals surface area contributed by atoms with Gasteiger partial charge in [0.05, 0.1) is 19.7 Å². The van der Waals surface area contributed by atoms with Crippen molar-refractivity contribution in [2.45, 2.75) is 6.42 Å². The van der Waals surface area contributed by atoms with Crippen molar-refractivity contribution >= 4 is 11.7 Å². The molecule has 12 heavy (non-hydrogen) atoms. The third kappa shape index (κ3) is 1.01. The molecule has 1 aromatic rings. The van der Waals surface area contributed by atoms with Crippen LogP contribution in [0.3, 0.4) is 0 Å². The highest BCUT2D eigenvalue weighted by atomic mass is 16.5. The van der Waals surface area contributed by atoms with Gasteiger partial charge in [0.1, 0.15) is 11.6 Å². The third-order valence-electron chi connectivity index (χ3n) is 1.79. The molecule has 0 saturated heterocycles. The summed E-state index contributed by atoms with van der Waals surface area (Å²) < 4.78 is 4.97. The van der Waals surface area contributed by atoms with Crippen molar-refractivity contribution in [2.24, 2.45) is 0 Å². The summed E-state index contributed by atoms with van der Waals surface area (Å²) in [5, 5.41) is 2.64. The van der Waals surface area contributed by atoms with Crippen molar-refractivity contribution in [1.29, 1.82) is 0 Å². The Morgan fingerprint density at radius 2 is 2.50 bits per heavy atom. The van der Waals surface area contributed by atoms with E-state index in [1.165, 1.54) is 0 Å². The summed E-state index contributed by atoms with van der Waals surface area (Å²) in [6, 6.07) is 1.82. The monoisotopic (exact) mass is 164 g/mol. The number of ether oxygens (including phenoxy) is 1. The molecule has 0 radical (unpaired) electrons. The molecule has 0 aromatic carbocycles. The Balaban J connectivity index is 2.41. The SMILES string of the molecule is COc1cnc2c(c1)CC(=O)N2. The lowest BCUT2D eigenvalue weighted by Crippen LogP contribution is -2.04. The molecule has 0 saturated carbocycles. The summed E-state index contributed by atoms with van der Waals surface area (Å²) in [7, 11) is 1.58. The van der Waals surface area contributed by atoms with E-state index >= 15 is 0 Å². The molecule has 2 rings (SSSR count). The van der Waals surface area contributed by atoms with E-state index in [0.29, 0.717) is 18.0 Å². The van der Waals surface area contributed by atoms with Gasteiger partial charge in [-0.2, -0.15) is 0 Å². The van der Waals surface area contributed by atoms with E-state index in [4.69, 9.17) is 4.74 Å². The van der Waals surface area contributed by atoms with Crippen LogP contribution in [0.2, 0.25) is 0 Å². The average Bonchev–Trinajstić information content (AvgIpc) is 2.43. The van der Waals surface area contributed by atoms with Gasteiger partial charge >= 0.3 is 0 Å². The number of pyridine rings is 1. The van der Waals surface area contributed by atoms with Crippen LogP contribution in [0.25, 0.3) is 0 Å². The van der Waals surface area contributed by atoms with E-state index in [2.05, 4.69) is 10.3 Å². The lowest BCUT2D eigenvalue weighted by atomic mass is 10.2. The Kier molecular flexibility index (Phi) is 1.46. The summed E-state index contributed by atoms with van der Waals surface area (Å²) in [4.78, 5) is 14.9. The maximum Gasteiger partial charge on any atom is 0.230 e. The van der Waals surface area contributed by atoms with Gasteiger partial charge in [-0.3, -0.25) is 4.79 Å². The van der Waals surface area contributed by atoms with Gasteiger partial charge in [-0.25, -0.2) is 4.98 Å². The zero-order valence-corrected chi connectivity index (χ0v) is 6.63. The highest BCUT2D eigenvalue weighted by molar-refractivity contribution is 5.97. The highest BCUT2D eigenvalue weighted by Crippen LogP contribution is 2.23. The normalized spacial score (nSPS) is 13.9. The smallest absolute Gasteiger partial charge is 0.230 e. The quantitative estimate of drug-likeness (QED) is 0.660. The van der Waals surface area contributed by atoms with E-state index in [-0.39, 0.29) is 5.91 Å². The van der Waals surface area contributed by atoms with Crippen LogP contribution in [0.4, 0.5) is 5.82 Å². The molecule has 4 heteroatoms. The van der Waals surface area contributed by atoms with Crippen molar-refractivity contribution in [3.05, 3.63) is 17.8 Å². The second-order valence-electron chi connectivity index (χ2n) is 2.61. The van der Waals surface area contributed by atoms with Gasteiger partial charge in [-0.05, 0) is 6.07 Å². The fourth-order valence-corrected chi connectivity index (χ4v) is 1.20. The van der Waals surface area contributed by atoms with Gasteiger partial charge in [0.15, 0.2) is 0 Å². The molecule has 0 bridgehead atoms. The number of carbonyl (C=O) groups excluding carboxylic acids is 1. The zero-order chi connectivity index (χ0) is 8.55. The van der Waals surface area contributed by atoms with E-state index < -0.39 is 0 Å². The Labute approximate surface area is 69.6 Å². The number of fused-ring (bicyclic) bond motifs is 1. The first-order chi connectivity index (χ1) is 5.79. The summed E-state index contributed by atoms with van der Waals surface area (Å²) in [6.07, 6.45) is 1.99. The molecule has 4 nitrogen and oxygen atoms in total. The van der Waals surface area contributed by atoms with E-state index in [1.54, 1.807) is 13.3 Å². The van der Waals surface area contributed by atoms with E-state index in [1.807, 2.05) is 6.07 Å². The number of nitrogens with zero attached hydrogens (tertiary/aromatic N) is 1. The Bertz CT molecular complexity index is 336. The van der Waals surface area contributed by atoms with Gasteiger partial charge in [0.25, 0.3) is 0 Å². The molecule has 0 unspecified atom stereocenters. The molecule has 0 fully saturated rings. The minimum atomic E-state index is -0.00856. The van der Waals surface area contributed by atoms with Crippen molar-refractivity contribution < 1.29 is 9.53 Å². The predicted octanol–water partition coefficient (Wildman–Crippen LogP) is 0.585. The second kappa shape index (κ2) is 2.48. The Hall–Kier alpha value is -1.58. The maximum atomic E-state index is 10.9. The summed E-state index contributed by atoms with van der Waals surface area (Å²) in [6.45, 7) is 0. The first-order valence-corrected chi connectivity index (χ1v) is 3.62. The zero-order valence-electron chi connectivity index (χ0n) is 6.63. The molecule has 1 aliphatic heterocycles. The van der Waals surface area contributed by atoms with Crippen LogP contribution in [0.5, 0.6) is 5.75 Å². The molecule has 1 N–H and O–H groups in total. The molecule has 1 aromatic heterocycles. The number of carbonyl (C=O) groups is 1. The number of amides is 1. The topological polar surface area (TPSA) is 51.2 Å². The van der Waals surface area contributed by atoms with Crippen molar-refractivity contribution in [1.82, 2.24) is 4.98 Å². The molecule has 0 spiro atoms. The summed E-state index contributed by atoms with van der Waals surface area (Å²) in [5.41, 5.74) is 0.902. The molecule has 1 amide bonds. The molecular formula is C8H8N2O2. The van der Waals surface area contributed by atoms with Crippen LogP contribution in [0.15, 0.2) is 12.3 Å². The number of anilines is 1. The average molecular weight is 164 g/mol. The number of hydrogen-bond acceptors (Lipinski definition) is 3. The van der Waals surface area contributed by atoms with E-state index in [9.17, 15) is 4.79 Å². The first kappa shape index (κ1) is 7.09. The first-order valence-electron chi connectivity index (χ1n) is 3.62.